The first-order chi connectivity index (χ1) is 8.34. The Hall–Kier alpha value is -0.610. The SMILES string of the molecule is COCCOCCCNC(=O)C1[C@H]2CCC[C@@H]12. The van der Waals surface area contributed by atoms with E-state index in [1.54, 1.807) is 7.11 Å². The van der Waals surface area contributed by atoms with Crippen molar-refractivity contribution in [3.05, 3.63) is 0 Å². The van der Waals surface area contributed by atoms with E-state index in [2.05, 4.69) is 5.32 Å². The summed E-state index contributed by atoms with van der Waals surface area (Å²) in [5.74, 6) is 2.05. The van der Waals surface area contributed by atoms with Gasteiger partial charge in [-0.3, -0.25) is 4.79 Å². The molecule has 0 aromatic carbocycles. The largest absolute Gasteiger partial charge is 0.382 e. The highest BCUT2D eigenvalue weighted by molar-refractivity contribution is 5.82. The van der Waals surface area contributed by atoms with Crippen LogP contribution in [0.25, 0.3) is 0 Å². The van der Waals surface area contributed by atoms with Crippen molar-refractivity contribution in [3.8, 4) is 0 Å². The lowest BCUT2D eigenvalue weighted by Crippen LogP contribution is -2.28. The Morgan fingerprint density at radius 3 is 2.71 bits per heavy atom. The Morgan fingerprint density at radius 2 is 2.00 bits per heavy atom. The molecule has 2 aliphatic rings. The molecule has 2 rings (SSSR count). The van der Waals surface area contributed by atoms with E-state index < -0.39 is 0 Å². The van der Waals surface area contributed by atoms with Crippen LogP contribution in [0.2, 0.25) is 0 Å². The predicted octanol–water partition coefficient (Wildman–Crippen LogP) is 1.20. The first kappa shape index (κ1) is 12.8. The van der Waals surface area contributed by atoms with Gasteiger partial charge >= 0.3 is 0 Å². The fraction of sp³-hybridized carbons (Fsp3) is 0.923. The lowest BCUT2D eigenvalue weighted by molar-refractivity contribution is -0.123. The maximum atomic E-state index is 11.8. The minimum atomic E-state index is 0.275. The van der Waals surface area contributed by atoms with Gasteiger partial charge in [0, 0.05) is 26.2 Å². The second kappa shape index (κ2) is 6.36. The van der Waals surface area contributed by atoms with E-state index in [1.165, 1.54) is 19.3 Å². The van der Waals surface area contributed by atoms with Gasteiger partial charge in [0.05, 0.1) is 13.2 Å². The van der Waals surface area contributed by atoms with Gasteiger partial charge in [-0.1, -0.05) is 6.42 Å². The first-order valence-electron chi connectivity index (χ1n) is 6.69. The number of carbonyl (C=O) groups excluding carboxylic acids is 1. The molecule has 2 aliphatic carbocycles. The molecule has 0 radical (unpaired) electrons. The molecule has 2 fully saturated rings. The summed E-state index contributed by atoms with van der Waals surface area (Å²) in [6.45, 7) is 2.71. The highest BCUT2D eigenvalue weighted by Crippen LogP contribution is 2.57. The third kappa shape index (κ3) is 3.42. The summed E-state index contributed by atoms with van der Waals surface area (Å²) in [5.41, 5.74) is 0. The number of fused-ring (bicyclic) bond motifs is 1. The van der Waals surface area contributed by atoms with E-state index in [9.17, 15) is 4.79 Å². The van der Waals surface area contributed by atoms with Crippen LogP contribution in [0.1, 0.15) is 25.7 Å². The van der Waals surface area contributed by atoms with Gasteiger partial charge in [0.15, 0.2) is 0 Å². The van der Waals surface area contributed by atoms with Gasteiger partial charge in [-0.05, 0) is 31.1 Å². The Bertz CT molecular complexity index is 247. The summed E-state index contributed by atoms with van der Waals surface area (Å²) in [7, 11) is 1.66. The number of ether oxygens (including phenoxy) is 2. The van der Waals surface area contributed by atoms with Crippen LogP contribution in [0, 0.1) is 17.8 Å². The molecule has 1 N–H and O–H groups in total. The van der Waals surface area contributed by atoms with Crippen molar-refractivity contribution in [1.82, 2.24) is 5.32 Å². The molecule has 98 valence electrons. The minimum absolute atomic E-state index is 0.275. The topological polar surface area (TPSA) is 47.6 Å². The molecule has 0 bridgehead atoms. The highest BCUT2D eigenvalue weighted by Gasteiger charge is 2.56. The molecule has 0 heterocycles. The van der Waals surface area contributed by atoms with Crippen LogP contribution in [0.3, 0.4) is 0 Å². The molecule has 1 amide bonds. The second-order valence-corrected chi connectivity index (χ2v) is 5.03. The number of methoxy groups -OCH3 is 1. The monoisotopic (exact) mass is 241 g/mol. The average Bonchev–Trinajstić information content (AvgIpc) is 2.82. The van der Waals surface area contributed by atoms with E-state index >= 15 is 0 Å². The van der Waals surface area contributed by atoms with E-state index in [4.69, 9.17) is 9.47 Å². The van der Waals surface area contributed by atoms with Gasteiger partial charge in [-0.15, -0.1) is 0 Å². The number of hydrogen-bond donors (Lipinski definition) is 1. The van der Waals surface area contributed by atoms with Crippen LogP contribution in [0.15, 0.2) is 0 Å². The number of amides is 1. The van der Waals surface area contributed by atoms with Gasteiger partial charge in [0.1, 0.15) is 0 Å². The average molecular weight is 241 g/mol. The molecule has 3 atom stereocenters. The van der Waals surface area contributed by atoms with Crippen molar-refractivity contribution < 1.29 is 14.3 Å². The van der Waals surface area contributed by atoms with Crippen LogP contribution < -0.4 is 5.32 Å². The van der Waals surface area contributed by atoms with E-state index in [1.807, 2.05) is 0 Å². The molecule has 0 aromatic rings. The van der Waals surface area contributed by atoms with Gasteiger partial charge < -0.3 is 14.8 Å². The molecule has 4 heteroatoms. The fourth-order valence-corrected chi connectivity index (χ4v) is 2.96. The molecule has 0 spiro atoms. The summed E-state index contributed by atoms with van der Waals surface area (Å²) in [6, 6.07) is 0. The lowest BCUT2D eigenvalue weighted by Gasteiger charge is -2.07. The normalized spacial score (nSPS) is 30.1. The molecule has 0 aliphatic heterocycles. The summed E-state index contributed by atoms with van der Waals surface area (Å²) in [5, 5.41) is 3.01. The van der Waals surface area contributed by atoms with E-state index in [0.717, 1.165) is 13.0 Å². The maximum Gasteiger partial charge on any atom is 0.223 e. The summed E-state index contributed by atoms with van der Waals surface area (Å²) >= 11 is 0. The smallest absolute Gasteiger partial charge is 0.223 e. The Morgan fingerprint density at radius 1 is 1.24 bits per heavy atom. The maximum absolute atomic E-state index is 11.8. The van der Waals surface area contributed by atoms with Gasteiger partial charge in [-0.25, -0.2) is 0 Å². The fourth-order valence-electron chi connectivity index (χ4n) is 2.96. The molecule has 1 unspecified atom stereocenters. The summed E-state index contributed by atoms with van der Waals surface area (Å²) < 4.78 is 10.2. The van der Waals surface area contributed by atoms with Crippen molar-refractivity contribution in [2.45, 2.75) is 25.7 Å². The number of rotatable bonds is 8. The molecule has 17 heavy (non-hydrogen) atoms. The van der Waals surface area contributed by atoms with Crippen molar-refractivity contribution in [2.75, 3.05) is 33.5 Å². The number of hydrogen-bond acceptors (Lipinski definition) is 3. The zero-order chi connectivity index (χ0) is 12.1. The molecule has 0 saturated heterocycles. The van der Waals surface area contributed by atoms with E-state index in [0.29, 0.717) is 37.6 Å². The van der Waals surface area contributed by atoms with Crippen molar-refractivity contribution >= 4 is 5.91 Å². The van der Waals surface area contributed by atoms with Gasteiger partial charge in [-0.2, -0.15) is 0 Å². The number of nitrogens with one attached hydrogen (secondary N) is 1. The third-order valence-corrected chi connectivity index (χ3v) is 3.91. The molecule has 2 saturated carbocycles. The molecule has 0 aromatic heterocycles. The lowest BCUT2D eigenvalue weighted by atomic mass is 10.1. The molecule has 4 nitrogen and oxygen atoms in total. The quantitative estimate of drug-likeness (QED) is 0.650. The van der Waals surface area contributed by atoms with Crippen molar-refractivity contribution in [1.29, 1.82) is 0 Å². The molecular weight excluding hydrogens is 218 g/mol. The van der Waals surface area contributed by atoms with Gasteiger partial charge in [0.25, 0.3) is 0 Å². The van der Waals surface area contributed by atoms with Crippen molar-refractivity contribution in [3.63, 3.8) is 0 Å². The highest BCUT2D eigenvalue weighted by atomic mass is 16.5. The summed E-state index contributed by atoms with van der Waals surface area (Å²) in [6.07, 6.45) is 4.75. The van der Waals surface area contributed by atoms with Crippen LogP contribution in [-0.2, 0) is 14.3 Å². The Labute approximate surface area is 103 Å². The second-order valence-electron chi connectivity index (χ2n) is 5.03. The Kier molecular flexibility index (Phi) is 4.80. The summed E-state index contributed by atoms with van der Waals surface area (Å²) in [4.78, 5) is 11.8. The van der Waals surface area contributed by atoms with Gasteiger partial charge in [0.2, 0.25) is 5.91 Å². The van der Waals surface area contributed by atoms with Crippen LogP contribution in [0.4, 0.5) is 0 Å². The number of carbonyl (C=O) groups is 1. The van der Waals surface area contributed by atoms with Crippen LogP contribution >= 0.6 is 0 Å². The molecular formula is C13H23NO3. The van der Waals surface area contributed by atoms with Crippen LogP contribution in [0.5, 0.6) is 0 Å². The minimum Gasteiger partial charge on any atom is -0.382 e. The predicted molar refractivity (Wildman–Crippen MR) is 64.6 cm³/mol. The Balaban J connectivity index is 1.44. The third-order valence-electron chi connectivity index (χ3n) is 3.91. The zero-order valence-electron chi connectivity index (χ0n) is 10.6. The van der Waals surface area contributed by atoms with E-state index in [-0.39, 0.29) is 5.91 Å². The first-order valence-corrected chi connectivity index (χ1v) is 6.69. The zero-order valence-corrected chi connectivity index (χ0v) is 10.6. The standard InChI is InChI=1S/C13H23NO3/c1-16-8-9-17-7-3-6-14-13(15)12-10-4-2-5-11(10)12/h10-12H,2-9H2,1H3,(H,14,15)/t10-,11+,12?. The van der Waals surface area contributed by atoms with Crippen molar-refractivity contribution in [2.24, 2.45) is 17.8 Å². The van der Waals surface area contributed by atoms with Crippen LogP contribution in [-0.4, -0.2) is 39.4 Å².